The largest absolute Gasteiger partial charge is 0.508 e. The number of carbonyl (C=O) groups is 1. The normalized spacial score (nSPS) is 17.4. The molecule has 1 unspecified atom stereocenters. The van der Waals surface area contributed by atoms with Crippen molar-refractivity contribution in [3.05, 3.63) is 81.5 Å². The van der Waals surface area contributed by atoms with Crippen molar-refractivity contribution < 1.29 is 14.8 Å². The monoisotopic (exact) mass is 311 g/mol. The van der Waals surface area contributed by atoms with E-state index in [0.717, 1.165) is 0 Å². The number of hydrogen-bond acceptors (Lipinski definition) is 4. The van der Waals surface area contributed by atoms with Gasteiger partial charge in [-0.05, 0) is 17.7 Å². The minimum atomic E-state index is -0.908. The second-order valence-electron chi connectivity index (χ2n) is 5.01. The Morgan fingerprint density at radius 3 is 2.30 bits per heavy atom. The van der Waals surface area contributed by atoms with Gasteiger partial charge in [-0.1, -0.05) is 42.5 Å². The number of phenols is 1. The van der Waals surface area contributed by atoms with Gasteiger partial charge in [-0.15, -0.1) is 0 Å². The summed E-state index contributed by atoms with van der Waals surface area (Å²) in [6, 6.07) is 13.1. The van der Waals surface area contributed by atoms with Gasteiger partial charge in [-0.2, -0.15) is 0 Å². The lowest BCUT2D eigenvalue weighted by Gasteiger charge is -2.25. The van der Waals surface area contributed by atoms with E-state index in [2.05, 4.69) is 10.6 Å². The Labute approximate surface area is 131 Å². The first-order chi connectivity index (χ1) is 11.1. The molecule has 0 aromatic heterocycles. The number of rotatable bonds is 3. The summed E-state index contributed by atoms with van der Waals surface area (Å²) in [5.74, 6) is 0.0453. The van der Waals surface area contributed by atoms with Crippen molar-refractivity contribution >= 4 is 11.7 Å². The van der Waals surface area contributed by atoms with Gasteiger partial charge in [0.1, 0.15) is 17.5 Å². The molecule has 0 radical (unpaired) electrons. The van der Waals surface area contributed by atoms with Crippen LogP contribution in [0.5, 0.6) is 5.75 Å². The van der Waals surface area contributed by atoms with E-state index in [0.29, 0.717) is 11.1 Å². The fourth-order valence-electron chi connectivity index (χ4n) is 2.49. The SMILES string of the molecule is O=C1NC(c2ccccc2)=C([N+](=O)[O-])C(c2ccc(O)cc2)N1. The first kappa shape index (κ1) is 14.6. The molecule has 2 aromatic rings. The Balaban J connectivity index is 2.16. The molecule has 0 saturated heterocycles. The van der Waals surface area contributed by atoms with Gasteiger partial charge in [0.25, 0.3) is 5.70 Å². The van der Waals surface area contributed by atoms with Gasteiger partial charge >= 0.3 is 6.03 Å². The van der Waals surface area contributed by atoms with Gasteiger partial charge < -0.3 is 15.7 Å². The maximum atomic E-state index is 11.9. The molecule has 1 heterocycles. The zero-order chi connectivity index (χ0) is 16.4. The summed E-state index contributed by atoms with van der Waals surface area (Å²) in [5, 5.41) is 26.0. The Morgan fingerprint density at radius 2 is 1.70 bits per heavy atom. The molecule has 1 atom stereocenters. The summed E-state index contributed by atoms with van der Waals surface area (Å²) in [6.07, 6.45) is 0. The minimum absolute atomic E-state index is 0.0453. The predicted molar refractivity (Wildman–Crippen MR) is 82.9 cm³/mol. The van der Waals surface area contributed by atoms with E-state index >= 15 is 0 Å². The second-order valence-corrected chi connectivity index (χ2v) is 5.01. The van der Waals surface area contributed by atoms with Crippen molar-refractivity contribution in [1.29, 1.82) is 0 Å². The highest BCUT2D eigenvalue weighted by Gasteiger charge is 2.37. The standard InChI is InChI=1S/C16H13N3O4/c20-12-8-6-11(7-9-12)14-15(19(22)23)13(17-16(21)18-14)10-4-2-1-3-5-10/h1-9,14,20H,(H2,17,18,21). The number of benzene rings is 2. The molecule has 0 saturated carbocycles. The fraction of sp³-hybridized carbons (Fsp3) is 0.0625. The van der Waals surface area contributed by atoms with Crippen LogP contribution >= 0.6 is 0 Å². The van der Waals surface area contributed by atoms with Crippen LogP contribution in [0, 0.1) is 10.1 Å². The number of nitrogens with zero attached hydrogens (tertiary/aromatic N) is 1. The number of urea groups is 1. The molecule has 0 fully saturated rings. The molecule has 0 spiro atoms. The van der Waals surface area contributed by atoms with Crippen LogP contribution < -0.4 is 10.6 Å². The number of aromatic hydroxyl groups is 1. The first-order valence-corrected chi connectivity index (χ1v) is 6.86. The van der Waals surface area contributed by atoms with Crippen LogP contribution in [0.3, 0.4) is 0 Å². The van der Waals surface area contributed by atoms with Crippen LogP contribution in [0.4, 0.5) is 4.79 Å². The fourth-order valence-corrected chi connectivity index (χ4v) is 2.49. The lowest BCUT2D eigenvalue weighted by molar-refractivity contribution is -0.430. The molecular weight excluding hydrogens is 298 g/mol. The lowest BCUT2D eigenvalue weighted by Crippen LogP contribution is -2.45. The molecule has 0 aliphatic carbocycles. The Kier molecular flexibility index (Phi) is 3.68. The molecule has 1 aliphatic rings. The van der Waals surface area contributed by atoms with Crippen molar-refractivity contribution in [3.63, 3.8) is 0 Å². The maximum Gasteiger partial charge on any atom is 0.320 e. The molecule has 7 nitrogen and oxygen atoms in total. The summed E-state index contributed by atoms with van der Waals surface area (Å²) in [6.45, 7) is 0. The Morgan fingerprint density at radius 1 is 1.04 bits per heavy atom. The average molecular weight is 311 g/mol. The zero-order valence-corrected chi connectivity index (χ0v) is 11.9. The van der Waals surface area contributed by atoms with Crippen molar-refractivity contribution in [3.8, 4) is 5.75 Å². The molecule has 2 aromatic carbocycles. The van der Waals surface area contributed by atoms with Crippen molar-refractivity contribution in [2.75, 3.05) is 0 Å². The molecule has 3 N–H and O–H groups in total. The quantitative estimate of drug-likeness (QED) is 0.598. The Bertz CT molecular complexity index is 785. The van der Waals surface area contributed by atoms with Crippen LogP contribution in [0.15, 0.2) is 60.3 Å². The maximum absolute atomic E-state index is 11.9. The highest BCUT2D eigenvalue weighted by molar-refractivity contribution is 5.89. The summed E-state index contributed by atoms with van der Waals surface area (Å²) >= 11 is 0. The molecule has 0 bridgehead atoms. The predicted octanol–water partition coefficient (Wildman–Crippen LogP) is 2.39. The third-order valence-electron chi connectivity index (χ3n) is 3.53. The van der Waals surface area contributed by atoms with E-state index in [9.17, 15) is 20.0 Å². The highest BCUT2D eigenvalue weighted by Crippen LogP contribution is 2.31. The second kappa shape index (κ2) is 5.80. The number of amides is 2. The smallest absolute Gasteiger partial charge is 0.320 e. The summed E-state index contributed by atoms with van der Waals surface area (Å²) in [5.41, 5.74) is 1.08. The number of nitrogens with one attached hydrogen (secondary N) is 2. The van der Waals surface area contributed by atoms with Crippen LogP contribution in [0.1, 0.15) is 17.2 Å². The first-order valence-electron chi connectivity index (χ1n) is 6.86. The van der Waals surface area contributed by atoms with Crippen molar-refractivity contribution in [2.24, 2.45) is 0 Å². The van der Waals surface area contributed by atoms with Gasteiger partial charge in [0.2, 0.25) is 0 Å². The third-order valence-corrected chi connectivity index (χ3v) is 3.53. The summed E-state index contributed by atoms with van der Waals surface area (Å²) in [7, 11) is 0. The van der Waals surface area contributed by atoms with Crippen LogP contribution in [0.2, 0.25) is 0 Å². The van der Waals surface area contributed by atoms with E-state index in [-0.39, 0.29) is 17.1 Å². The van der Waals surface area contributed by atoms with Crippen molar-refractivity contribution in [1.82, 2.24) is 10.6 Å². The van der Waals surface area contributed by atoms with E-state index in [1.165, 1.54) is 24.3 Å². The molecule has 7 heteroatoms. The van der Waals surface area contributed by atoms with Crippen LogP contribution in [0.25, 0.3) is 5.70 Å². The van der Waals surface area contributed by atoms with Crippen molar-refractivity contribution in [2.45, 2.75) is 6.04 Å². The number of phenolic OH excluding ortho intramolecular Hbond substituents is 1. The summed E-state index contributed by atoms with van der Waals surface area (Å²) in [4.78, 5) is 23.0. The van der Waals surface area contributed by atoms with Gasteiger partial charge in [0, 0.05) is 5.56 Å². The summed E-state index contributed by atoms with van der Waals surface area (Å²) < 4.78 is 0. The van der Waals surface area contributed by atoms with Gasteiger partial charge in [0.05, 0.1) is 4.92 Å². The lowest BCUT2D eigenvalue weighted by atomic mass is 9.98. The number of hydrogen-bond donors (Lipinski definition) is 3. The van der Waals surface area contributed by atoms with Gasteiger partial charge in [-0.25, -0.2) is 4.79 Å². The Hall–Kier alpha value is -3.35. The molecule has 3 rings (SSSR count). The molecule has 23 heavy (non-hydrogen) atoms. The highest BCUT2D eigenvalue weighted by atomic mass is 16.6. The molecule has 1 aliphatic heterocycles. The minimum Gasteiger partial charge on any atom is -0.508 e. The van der Waals surface area contributed by atoms with Crippen LogP contribution in [-0.2, 0) is 0 Å². The van der Waals surface area contributed by atoms with Gasteiger partial charge in [0.15, 0.2) is 0 Å². The number of nitro groups is 1. The molecular formula is C16H13N3O4. The topological polar surface area (TPSA) is 104 Å². The molecule has 2 amide bonds. The zero-order valence-electron chi connectivity index (χ0n) is 11.9. The molecule has 116 valence electrons. The van der Waals surface area contributed by atoms with E-state index in [1.54, 1.807) is 30.3 Å². The van der Waals surface area contributed by atoms with E-state index < -0.39 is 17.0 Å². The van der Waals surface area contributed by atoms with Crippen LogP contribution in [-0.4, -0.2) is 16.1 Å². The average Bonchev–Trinajstić information content (AvgIpc) is 2.55. The van der Waals surface area contributed by atoms with E-state index in [4.69, 9.17) is 0 Å². The van der Waals surface area contributed by atoms with E-state index in [1.807, 2.05) is 0 Å². The van der Waals surface area contributed by atoms with Gasteiger partial charge in [-0.3, -0.25) is 10.1 Å². The third kappa shape index (κ3) is 2.84. The number of carbonyl (C=O) groups excluding carboxylic acids is 1.